The summed E-state index contributed by atoms with van der Waals surface area (Å²) >= 11 is 0. The third-order valence-electron chi connectivity index (χ3n) is 4.15. The summed E-state index contributed by atoms with van der Waals surface area (Å²) in [4.78, 5) is 27.3. The number of hydrogen-bond donors (Lipinski definition) is 2. The van der Waals surface area contributed by atoms with Gasteiger partial charge in [0.2, 0.25) is 5.56 Å². The van der Waals surface area contributed by atoms with Crippen molar-refractivity contribution in [2.45, 2.75) is 6.54 Å². The van der Waals surface area contributed by atoms with E-state index >= 15 is 0 Å². The topological polar surface area (TPSA) is 79.8 Å². The van der Waals surface area contributed by atoms with Crippen LogP contribution in [0.2, 0.25) is 0 Å². The third kappa shape index (κ3) is 3.00. The van der Waals surface area contributed by atoms with Crippen LogP contribution < -0.4 is 10.9 Å². The normalized spacial score (nSPS) is 10.8. The zero-order valence-corrected chi connectivity index (χ0v) is 13.8. The van der Waals surface area contributed by atoms with Crippen LogP contribution in [0.3, 0.4) is 0 Å². The number of amides is 1. The van der Waals surface area contributed by atoms with Crippen molar-refractivity contribution >= 4 is 16.8 Å². The van der Waals surface area contributed by atoms with E-state index in [9.17, 15) is 9.59 Å². The number of rotatable bonds is 4. The van der Waals surface area contributed by atoms with Gasteiger partial charge in [0.25, 0.3) is 5.91 Å². The Hall–Kier alpha value is -3.67. The van der Waals surface area contributed by atoms with Gasteiger partial charge in [0, 0.05) is 23.5 Å². The molecule has 0 saturated carbocycles. The Morgan fingerprint density at radius 1 is 1.04 bits per heavy atom. The fourth-order valence-corrected chi connectivity index (χ4v) is 2.94. The maximum absolute atomic E-state index is 12.6. The van der Waals surface area contributed by atoms with Crippen molar-refractivity contribution in [2.75, 3.05) is 0 Å². The molecule has 2 aromatic carbocycles. The summed E-state index contributed by atoms with van der Waals surface area (Å²) in [6.07, 6.45) is 1.59. The van der Waals surface area contributed by atoms with E-state index in [-0.39, 0.29) is 18.0 Å². The zero-order chi connectivity index (χ0) is 17.9. The molecule has 0 saturated heterocycles. The quantitative estimate of drug-likeness (QED) is 0.597. The van der Waals surface area contributed by atoms with Crippen molar-refractivity contribution in [2.24, 2.45) is 0 Å². The maximum Gasteiger partial charge on any atom is 0.270 e. The summed E-state index contributed by atoms with van der Waals surface area (Å²) in [7, 11) is 0. The summed E-state index contributed by atoms with van der Waals surface area (Å²) < 4.78 is 1.59. The van der Waals surface area contributed by atoms with Crippen LogP contribution in [0.5, 0.6) is 0 Å². The van der Waals surface area contributed by atoms with E-state index in [1.807, 2.05) is 54.6 Å². The molecule has 0 aliphatic carbocycles. The Labute approximate surface area is 149 Å². The van der Waals surface area contributed by atoms with Crippen LogP contribution in [0.1, 0.15) is 16.1 Å². The molecule has 0 radical (unpaired) electrons. The summed E-state index contributed by atoms with van der Waals surface area (Å²) in [6, 6.07) is 20.1. The molecule has 128 valence electrons. The van der Waals surface area contributed by atoms with E-state index in [1.54, 1.807) is 16.9 Å². The average molecular weight is 344 g/mol. The first-order valence-corrected chi connectivity index (χ1v) is 8.21. The molecule has 0 fully saturated rings. The second-order valence-electron chi connectivity index (χ2n) is 5.85. The number of nitrogens with one attached hydrogen (secondary N) is 2. The lowest BCUT2D eigenvalue weighted by Gasteiger charge is -2.10. The Morgan fingerprint density at radius 3 is 2.65 bits per heavy atom. The van der Waals surface area contributed by atoms with E-state index in [1.165, 1.54) is 6.07 Å². The number of carbonyl (C=O) groups excluding carboxylic acids is 1. The van der Waals surface area contributed by atoms with Gasteiger partial charge in [-0.15, -0.1) is 0 Å². The maximum atomic E-state index is 12.6. The van der Waals surface area contributed by atoms with Gasteiger partial charge in [0.05, 0.1) is 11.9 Å². The molecular weight excluding hydrogens is 328 g/mol. The van der Waals surface area contributed by atoms with Gasteiger partial charge in [-0.05, 0) is 29.8 Å². The summed E-state index contributed by atoms with van der Waals surface area (Å²) in [5.41, 5.74) is 2.57. The van der Waals surface area contributed by atoms with Crippen LogP contribution in [0.4, 0.5) is 0 Å². The fraction of sp³-hybridized carbons (Fsp3) is 0.0500. The molecule has 4 rings (SSSR count). The number of para-hydroxylation sites is 2. The Bertz CT molecular complexity index is 1130. The van der Waals surface area contributed by atoms with E-state index in [2.05, 4.69) is 15.4 Å². The minimum absolute atomic E-state index is 0.192. The molecule has 2 aromatic heterocycles. The molecular formula is C20H16N4O2. The Morgan fingerprint density at radius 2 is 1.81 bits per heavy atom. The van der Waals surface area contributed by atoms with Crippen molar-refractivity contribution in [3.8, 4) is 5.69 Å². The highest BCUT2D eigenvalue weighted by Gasteiger charge is 2.13. The zero-order valence-electron chi connectivity index (χ0n) is 13.8. The van der Waals surface area contributed by atoms with Crippen molar-refractivity contribution in [3.63, 3.8) is 0 Å². The summed E-state index contributed by atoms with van der Waals surface area (Å²) in [5.74, 6) is -0.254. The standard InChI is InChI=1S/C20H16N4O2/c25-19-12-14(16-8-4-5-9-17(16)23-19)13-21-20(26)18-10-11-22-24(18)15-6-2-1-3-7-15/h1-12H,13H2,(H,21,26)(H,23,25). The molecule has 0 spiro atoms. The highest BCUT2D eigenvalue weighted by Crippen LogP contribution is 2.15. The van der Waals surface area contributed by atoms with Gasteiger partial charge < -0.3 is 10.3 Å². The lowest BCUT2D eigenvalue weighted by Crippen LogP contribution is -2.26. The van der Waals surface area contributed by atoms with Gasteiger partial charge in [0.15, 0.2) is 0 Å². The average Bonchev–Trinajstić information content (AvgIpc) is 3.16. The predicted octanol–water partition coefficient (Wildman–Crippen LogP) is 2.64. The first-order chi connectivity index (χ1) is 12.7. The van der Waals surface area contributed by atoms with Gasteiger partial charge in [-0.25, -0.2) is 4.68 Å². The molecule has 0 aliphatic rings. The minimum atomic E-state index is -0.254. The van der Waals surface area contributed by atoms with Gasteiger partial charge in [-0.1, -0.05) is 36.4 Å². The monoisotopic (exact) mass is 344 g/mol. The van der Waals surface area contributed by atoms with E-state index < -0.39 is 0 Å². The number of aromatic amines is 1. The third-order valence-corrected chi connectivity index (χ3v) is 4.15. The number of fused-ring (bicyclic) bond motifs is 1. The van der Waals surface area contributed by atoms with E-state index in [0.717, 1.165) is 22.2 Å². The van der Waals surface area contributed by atoms with Gasteiger partial charge in [0.1, 0.15) is 5.69 Å². The van der Waals surface area contributed by atoms with Crippen LogP contribution in [0.15, 0.2) is 77.7 Å². The van der Waals surface area contributed by atoms with E-state index in [4.69, 9.17) is 0 Å². The largest absolute Gasteiger partial charge is 0.347 e. The van der Waals surface area contributed by atoms with Crippen LogP contribution in [-0.2, 0) is 6.54 Å². The first kappa shape index (κ1) is 15.8. The lowest BCUT2D eigenvalue weighted by atomic mass is 10.1. The molecule has 2 heterocycles. The van der Waals surface area contributed by atoms with Gasteiger partial charge in [-0.2, -0.15) is 5.10 Å². The van der Waals surface area contributed by atoms with Crippen molar-refractivity contribution < 1.29 is 4.79 Å². The van der Waals surface area contributed by atoms with Crippen molar-refractivity contribution in [1.82, 2.24) is 20.1 Å². The molecule has 0 bridgehead atoms. The molecule has 6 nitrogen and oxygen atoms in total. The van der Waals surface area contributed by atoms with Crippen LogP contribution in [0.25, 0.3) is 16.6 Å². The smallest absolute Gasteiger partial charge is 0.270 e. The van der Waals surface area contributed by atoms with E-state index in [0.29, 0.717) is 5.69 Å². The molecule has 1 amide bonds. The number of hydrogen-bond acceptors (Lipinski definition) is 3. The van der Waals surface area contributed by atoms with Gasteiger partial charge in [-0.3, -0.25) is 9.59 Å². The number of carbonyl (C=O) groups is 1. The SMILES string of the molecule is O=C(NCc1cc(=O)[nH]c2ccccc12)c1ccnn1-c1ccccc1. The molecule has 4 aromatic rings. The lowest BCUT2D eigenvalue weighted by molar-refractivity contribution is 0.0943. The minimum Gasteiger partial charge on any atom is -0.347 e. The Kier molecular flexibility index (Phi) is 4.07. The molecule has 0 atom stereocenters. The molecule has 6 heteroatoms. The second kappa shape index (κ2) is 6.68. The first-order valence-electron chi connectivity index (χ1n) is 8.21. The van der Waals surface area contributed by atoms with Crippen molar-refractivity contribution in [1.29, 1.82) is 0 Å². The molecule has 0 unspecified atom stereocenters. The number of pyridine rings is 1. The van der Waals surface area contributed by atoms with Crippen LogP contribution in [-0.4, -0.2) is 20.7 Å². The fourth-order valence-electron chi connectivity index (χ4n) is 2.94. The highest BCUT2D eigenvalue weighted by molar-refractivity contribution is 5.93. The number of H-pyrrole nitrogens is 1. The second-order valence-corrected chi connectivity index (χ2v) is 5.85. The summed E-state index contributed by atoms with van der Waals surface area (Å²) in [5, 5.41) is 8.01. The summed E-state index contributed by atoms with van der Waals surface area (Å²) in [6.45, 7) is 0.253. The van der Waals surface area contributed by atoms with Gasteiger partial charge >= 0.3 is 0 Å². The number of nitrogens with zero attached hydrogens (tertiary/aromatic N) is 2. The molecule has 0 aliphatic heterocycles. The highest BCUT2D eigenvalue weighted by atomic mass is 16.2. The molecule has 2 N–H and O–H groups in total. The number of benzene rings is 2. The number of aromatic nitrogens is 3. The predicted molar refractivity (Wildman–Crippen MR) is 99.3 cm³/mol. The van der Waals surface area contributed by atoms with Crippen LogP contribution >= 0.6 is 0 Å². The van der Waals surface area contributed by atoms with Crippen molar-refractivity contribution in [3.05, 3.63) is 94.5 Å². The van der Waals surface area contributed by atoms with Crippen LogP contribution in [0, 0.1) is 0 Å². The molecule has 26 heavy (non-hydrogen) atoms. The Balaban J connectivity index is 1.60.